The second-order valence-electron chi connectivity index (χ2n) is 10.4. The average Bonchev–Trinajstić information content (AvgIpc) is 3.51. The van der Waals surface area contributed by atoms with Gasteiger partial charge in [0.05, 0.1) is 17.6 Å². The lowest BCUT2D eigenvalue weighted by atomic mass is 9.71. The number of piperidine rings is 1. The highest BCUT2D eigenvalue weighted by Gasteiger charge is 2.36. The number of fused-ring (bicyclic) bond motifs is 1. The van der Waals surface area contributed by atoms with E-state index in [4.69, 9.17) is 4.52 Å². The van der Waals surface area contributed by atoms with Gasteiger partial charge in [0.1, 0.15) is 11.5 Å². The monoisotopic (exact) mass is 436 g/mol. The SMILES string of the molecule is Cn1cc(-c2cc(C(=O)N3CCC(c4onc5c4C[C@@H](C(C)(C)C)CC5)CC3)[nH]n2)cn1. The van der Waals surface area contributed by atoms with Crippen molar-refractivity contribution in [3.05, 3.63) is 41.2 Å². The van der Waals surface area contributed by atoms with Crippen molar-refractivity contribution in [1.29, 1.82) is 0 Å². The summed E-state index contributed by atoms with van der Waals surface area (Å²) in [5.74, 6) is 2.06. The third kappa shape index (κ3) is 3.87. The van der Waals surface area contributed by atoms with Crippen LogP contribution in [0.5, 0.6) is 0 Å². The van der Waals surface area contributed by atoms with E-state index in [1.807, 2.05) is 24.2 Å². The molecule has 1 N–H and O–H groups in total. The Morgan fingerprint density at radius 2 is 2.00 bits per heavy atom. The van der Waals surface area contributed by atoms with Crippen LogP contribution >= 0.6 is 0 Å². The van der Waals surface area contributed by atoms with Gasteiger partial charge in [-0.25, -0.2) is 0 Å². The summed E-state index contributed by atoms with van der Waals surface area (Å²) >= 11 is 0. The number of amides is 1. The minimum atomic E-state index is -0.00140. The van der Waals surface area contributed by atoms with Crippen molar-refractivity contribution < 1.29 is 9.32 Å². The Kier molecular flexibility index (Phi) is 5.18. The zero-order valence-corrected chi connectivity index (χ0v) is 19.4. The number of likely N-dealkylation sites (tertiary alicyclic amines) is 1. The smallest absolute Gasteiger partial charge is 0.271 e. The largest absolute Gasteiger partial charge is 0.361 e. The van der Waals surface area contributed by atoms with E-state index < -0.39 is 0 Å². The fourth-order valence-corrected chi connectivity index (χ4v) is 5.14. The Bertz CT molecular complexity index is 1110. The summed E-state index contributed by atoms with van der Waals surface area (Å²) in [4.78, 5) is 14.9. The number of aromatic nitrogens is 5. The van der Waals surface area contributed by atoms with Crippen LogP contribution in [0, 0.1) is 11.3 Å². The lowest BCUT2D eigenvalue weighted by molar-refractivity contribution is 0.0699. The van der Waals surface area contributed by atoms with E-state index in [9.17, 15) is 4.79 Å². The Hall–Kier alpha value is -2.90. The molecule has 1 aliphatic carbocycles. The zero-order valence-electron chi connectivity index (χ0n) is 19.4. The summed E-state index contributed by atoms with van der Waals surface area (Å²) in [6, 6.07) is 1.81. The number of hydrogen-bond donors (Lipinski definition) is 1. The second kappa shape index (κ2) is 7.90. The molecule has 0 unspecified atom stereocenters. The number of nitrogens with zero attached hydrogens (tertiary/aromatic N) is 5. The number of aromatic amines is 1. The van der Waals surface area contributed by atoms with Gasteiger partial charge in [-0.3, -0.25) is 14.6 Å². The van der Waals surface area contributed by atoms with E-state index in [0.29, 0.717) is 36.0 Å². The minimum absolute atomic E-state index is 0.00140. The first-order valence-corrected chi connectivity index (χ1v) is 11.6. The van der Waals surface area contributed by atoms with Crippen molar-refractivity contribution in [3.63, 3.8) is 0 Å². The predicted molar refractivity (Wildman–Crippen MR) is 120 cm³/mol. The predicted octanol–water partition coefficient (Wildman–Crippen LogP) is 3.97. The first kappa shape index (κ1) is 21.0. The molecule has 0 radical (unpaired) electrons. The second-order valence-corrected chi connectivity index (χ2v) is 10.4. The summed E-state index contributed by atoms with van der Waals surface area (Å²) < 4.78 is 7.60. The van der Waals surface area contributed by atoms with Crippen LogP contribution in [0.3, 0.4) is 0 Å². The van der Waals surface area contributed by atoms with Crippen molar-refractivity contribution in [2.45, 2.75) is 58.8 Å². The standard InChI is InChI=1S/C24H32N6O2/c1-24(2,3)17-5-6-19-18(11-17)22(32-28-19)15-7-9-30(10-8-15)23(31)21-12-20(26-27-21)16-13-25-29(4)14-16/h12-15,17H,5-11H2,1-4H3,(H,26,27)/t17-/m0/s1. The molecular weight excluding hydrogens is 404 g/mol. The van der Waals surface area contributed by atoms with Crippen molar-refractivity contribution in [2.24, 2.45) is 18.4 Å². The van der Waals surface area contributed by atoms with Crippen LogP contribution in [-0.4, -0.2) is 49.0 Å². The molecule has 0 aromatic carbocycles. The third-order valence-corrected chi connectivity index (χ3v) is 7.27. The van der Waals surface area contributed by atoms with Gasteiger partial charge in [-0.15, -0.1) is 0 Å². The Morgan fingerprint density at radius 3 is 2.69 bits per heavy atom. The number of carbonyl (C=O) groups excluding carboxylic acids is 1. The minimum Gasteiger partial charge on any atom is -0.361 e. The van der Waals surface area contributed by atoms with Crippen molar-refractivity contribution in [2.75, 3.05) is 13.1 Å². The summed E-state index contributed by atoms with van der Waals surface area (Å²) in [6.45, 7) is 8.41. The molecule has 0 spiro atoms. The van der Waals surface area contributed by atoms with E-state index >= 15 is 0 Å². The molecule has 1 amide bonds. The average molecular weight is 437 g/mol. The van der Waals surface area contributed by atoms with Gasteiger partial charge in [-0.2, -0.15) is 10.2 Å². The van der Waals surface area contributed by atoms with Crippen LogP contribution in [0.2, 0.25) is 0 Å². The Labute approximate surface area is 188 Å². The highest BCUT2D eigenvalue weighted by atomic mass is 16.5. The summed E-state index contributed by atoms with van der Waals surface area (Å²) in [5, 5.41) is 15.8. The molecule has 32 heavy (non-hydrogen) atoms. The topological polar surface area (TPSA) is 92.8 Å². The molecule has 8 nitrogen and oxygen atoms in total. The van der Waals surface area contributed by atoms with Gasteiger partial charge in [0.2, 0.25) is 0 Å². The molecule has 1 saturated heterocycles. The van der Waals surface area contributed by atoms with Crippen molar-refractivity contribution in [1.82, 2.24) is 30.0 Å². The maximum absolute atomic E-state index is 13.0. The number of nitrogens with one attached hydrogen (secondary N) is 1. The van der Waals surface area contributed by atoms with Crippen molar-refractivity contribution >= 4 is 5.91 Å². The molecule has 1 atom stereocenters. The molecule has 2 aliphatic rings. The molecule has 0 saturated carbocycles. The van der Waals surface area contributed by atoms with E-state index in [2.05, 4.69) is 41.2 Å². The number of rotatable bonds is 3. The number of hydrogen-bond acceptors (Lipinski definition) is 5. The van der Waals surface area contributed by atoms with Gasteiger partial charge in [-0.1, -0.05) is 25.9 Å². The van der Waals surface area contributed by atoms with Crippen LogP contribution in [0.15, 0.2) is 23.0 Å². The molecule has 3 aromatic rings. The maximum atomic E-state index is 13.0. The van der Waals surface area contributed by atoms with Crippen LogP contribution in [0.1, 0.15) is 73.5 Å². The fourth-order valence-electron chi connectivity index (χ4n) is 5.14. The van der Waals surface area contributed by atoms with Gasteiger partial charge in [0.15, 0.2) is 0 Å². The van der Waals surface area contributed by atoms with Crippen LogP contribution in [-0.2, 0) is 19.9 Å². The Balaban J connectivity index is 1.24. The fraction of sp³-hybridized carbons (Fsp3) is 0.583. The molecule has 3 aromatic heterocycles. The number of H-pyrrole nitrogens is 1. The van der Waals surface area contributed by atoms with E-state index in [0.717, 1.165) is 48.4 Å². The highest BCUT2D eigenvalue weighted by Crippen LogP contribution is 2.41. The highest BCUT2D eigenvalue weighted by molar-refractivity contribution is 5.93. The maximum Gasteiger partial charge on any atom is 0.271 e. The van der Waals surface area contributed by atoms with Gasteiger partial charge in [0.25, 0.3) is 5.91 Å². The quantitative estimate of drug-likeness (QED) is 0.671. The van der Waals surface area contributed by atoms with Gasteiger partial charge in [0, 0.05) is 43.4 Å². The first-order chi connectivity index (χ1) is 15.3. The van der Waals surface area contributed by atoms with Crippen molar-refractivity contribution in [3.8, 4) is 11.3 Å². The van der Waals surface area contributed by atoms with Crippen LogP contribution in [0.25, 0.3) is 11.3 Å². The third-order valence-electron chi connectivity index (χ3n) is 7.27. The first-order valence-electron chi connectivity index (χ1n) is 11.6. The molecular formula is C24H32N6O2. The van der Waals surface area contributed by atoms with Crippen LogP contribution < -0.4 is 0 Å². The lowest BCUT2D eigenvalue weighted by Crippen LogP contribution is -2.38. The lowest BCUT2D eigenvalue weighted by Gasteiger charge is -2.34. The summed E-state index contributed by atoms with van der Waals surface area (Å²) in [6.07, 6.45) is 8.69. The molecule has 1 fully saturated rings. The molecule has 1 aliphatic heterocycles. The van der Waals surface area contributed by atoms with E-state index in [1.54, 1.807) is 10.9 Å². The molecule has 4 heterocycles. The summed E-state index contributed by atoms with van der Waals surface area (Å²) in [7, 11) is 1.86. The van der Waals surface area contributed by atoms with Gasteiger partial charge in [-0.05, 0) is 49.5 Å². The molecule has 8 heteroatoms. The van der Waals surface area contributed by atoms with Gasteiger partial charge >= 0.3 is 0 Å². The van der Waals surface area contributed by atoms with E-state index in [1.165, 1.54) is 12.0 Å². The molecule has 0 bridgehead atoms. The number of aryl methyl sites for hydroxylation is 2. The van der Waals surface area contributed by atoms with Gasteiger partial charge < -0.3 is 9.42 Å². The summed E-state index contributed by atoms with van der Waals surface area (Å²) in [5.41, 5.74) is 4.94. The van der Waals surface area contributed by atoms with E-state index in [-0.39, 0.29) is 5.91 Å². The normalized spacial score (nSPS) is 19.9. The zero-order chi connectivity index (χ0) is 22.5. The molecule has 170 valence electrons. The molecule has 5 rings (SSSR count). The number of carbonyl (C=O) groups is 1. The van der Waals surface area contributed by atoms with Crippen LogP contribution in [0.4, 0.5) is 0 Å². The Morgan fingerprint density at radius 1 is 1.22 bits per heavy atom.